The fraction of sp³-hybridized carbons (Fsp3) is 0.308. The molecule has 0 atom stereocenters. The molecule has 0 saturated heterocycles. The van der Waals surface area contributed by atoms with E-state index in [2.05, 4.69) is 26.3 Å². The lowest BCUT2D eigenvalue weighted by atomic mass is 10.2. The van der Waals surface area contributed by atoms with E-state index in [1.165, 1.54) is 11.8 Å². The zero-order valence-electron chi connectivity index (χ0n) is 10.2. The minimum absolute atomic E-state index is 0.215. The van der Waals surface area contributed by atoms with Crippen LogP contribution in [0.5, 0.6) is 0 Å². The molecule has 2 aromatic rings. The summed E-state index contributed by atoms with van der Waals surface area (Å²) in [5.74, 6) is -0.215. The van der Waals surface area contributed by atoms with E-state index >= 15 is 0 Å². The summed E-state index contributed by atoms with van der Waals surface area (Å²) in [7, 11) is 1.93. The Hall–Kier alpha value is -1.20. The Bertz CT molecular complexity index is 504. The number of aromatic nitrogens is 2. The van der Waals surface area contributed by atoms with Gasteiger partial charge in [0.1, 0.15) is 5.82 Å². The third-order valence-corrected chi connectivity index (χ3v) is 3.19. The number of rotatable bonds is 5. The van der Waals surface area contributed by atoms with Crippen molar-refractivity contribution in [2.75, 3.05) is 6.54 Å². The highest BCUT2D eigenvalue weighted by Crippen LogP contribution is 2.14. The van der Waals surface area contributed by atoms with Gasteiger partial charge in [0.2, 0.25) is 0 Å². The van der Waals surface area contributed by atoms with Crippen LogP contribution in [-0.4, -0.2) is 16.3 Å². The highest BCUT2D eigenvalue weighted by Gasteiger charge is 2.00. The van der Waals surface area contributed by atoms with Crippen LogP contribution >= 0.6 is 15.9 Å². The van der Waals surface area contributed by atoms with Crippen molar-refractivity contribution in [3.63, 3.8) is 0 Å². The minimum Gasteiger partial charge on any atom is -0.312 e. The predicted octanol–water partition coefficient (Wildman–Crippen LogP) is 2.65. The van der Waals surface area contributed by atoms with Crippen LogP contribution in [0.15, 0.2) is 34.9 Å². The molecule has 0 spiro atoms. The summed E-state index contributed by atoms with van der Waals surface area (Å²) >= 11 is 3.28. The van der Waals surface area contributed by atoms with E-state index < -0.39 is 0 Å². The molecule has 5 heteroatoms. The predicted molar refractivity (Wildman–Crippen MR) is 72.7 cm³/mol. The van der Waals surface area contributed by atoms with Gasteiger partial charge in [-0.3, -0.25) is 4.68 Å². The fourth-order valence-corrected chi connectivity index (χ4v) is 2.32. The van der Waals surface area contributed by atoms with Crippen molar-refractivity contribution < 1.29 is 4.39 Å². The minimum atomic E-state index is -0.215. The number of aryl methyl sites for hydroxylation is 1. The van der Waals surface area contributed by atoms with Crippen LogP contribution in [0, 0.1) is 5.82 Å². The lowest BCUT2D eigenvalue weighted by molar-refractivity contribution is 0.615. The Morgan fingerprint density at radius 3 is 2.89 bits per heavy atom. The molecule has 1 aromatic carbocycles. The van der Waals surface area contributed by atoms with Gasteiger partial charge in [-0.15, -0.1) is 0 Å². The molecule has 3 nitrogen and oxygen atoms in total. The second-order valence-corrected chi connectivity index (χ2v) is 5.07. The molecule has 1 N–H and O–H groups in total. The average molecular weight is 312 g/mol. The summed E-state index contributed by atoms with van der Waals surface area (Å²) in [4.78, 5) is 0. The van der Waals surface area contributed by atoms with Crippen LogP contribution in [0.4, 0.5) is 4.39 Å². The largest absolute Gasteiger partial charge is 0.312 e. The molecule has 0 unspecified atom stereocenters. The zero-order chi connectivity index (χ0) is 13.0. The van der Waals surface area contributed by atoms with Crippen LogP contribution in [-0.2, 0) is 20.0 Å². The van der Waals surface area contributed by atoms with E-state index in [0.29, 0.717) is 6.54 Å². The average Bonchev–Trinajstić information content (AvgIpc) is 2.69. The maximum atomic E-state index is 13.1. The van der Waals surface area contributed by atoms with Gasteiger partial charge in [-0.05, 0) is 29.8 Å². The Labute approximate surface area is 114 Å². The molecule has 2 rings (SSSR count). The Kier molecular flexibility index (Phi) is 4.49. The molecule has 0 saturated carbocycles. The monoisotopic (exact) mass is 311 g/mol. The first kappa shape index (κ1) is 13.2. The molecular weight excluding hydrogens is 297 g/mol. The number of hydrogen-bond donors (Lipinski definition) is 1. The van der Waals surface area contributed by atoms with Crippen LogP contribution in [0.3, 0.4) is 0 Å². The van der Waals surface area contributed by atoms with E-state index in [4.69, 9.17) is 0 Å². The molecule has 96 valence electrons. The Balaban J connectivity index is 1.80. The molecule has 0 fully saturated rings. The SMILES string of the molecule is Cn1nccc1CCNCc1cc(F)cc(Br)c1. The van der Waals surface area contributed by atoms with Gasteiger partial charge >= 0.3 is 0 Å². The second-order valence-electron chi connectivity index (χ2n) is 4.15. The summed E-state index contributed by atoms with van der Waals surface area (Å²) in [6, 6.07) is 6.92. The number of benzene rings is 1. The van der Waals surface area contributed by atoms with E-state index in [1.54, 1.807) is 12.3 Å². The highest BCUT2D eigenvalue weighted by atomic mass is 79.9. The molecule has 0 amide bonds. The molecule has 18 heavy (non-hydrogen) atoms. The summed E-state index contributed by atoms with van der Waals surface area (Å²) in [6.45, 7) is 1.50. The first-order chi connectivity index (χ1) is 8.65. The van der Waals surface area contributed by atoms with Gasteiger partial charge in [0, 0.05) is 42.9 Å². The van der Waals surface area contributed by atoms with Gasteiger partial charge in [-0.2, -0.15) is 5.10 Å². The van der Waals surface area contributed by atoms with Crippen LogP contribution < -0.4 is 5.32 Å². The van der Waals surface area contributed by atoms with Gasteiger partial charge in [0.05, 0.1) is 0 Å². The number of nitrogens with zero attached hydrogens (tertiary/aromatic N) is 2. The second kappa shape index (κ2) is 6.11. The van der Waals surface area contributed by atoms with Gasteiger partial charge in [0.25, 0.3) is 0 Å². The van der Waals surface area contributed by atoms with Crippen LogP contribution in [0.2, 0.25) is 0 Å². The molecular formula is C13H15BrFN3. The molecule has 0 radical (unpaired) electrons. The van der Waals surface area contributed by atoms with Crippen molar-refractivity contribution in [2.24, 2.45) is 7.05 Å². The molecule has 0 bridgehead atoms. The lowest BCUT2D eigenvalue weighted by Gasteiger charge is -2.06. The summed E-state index contributed by atoms with van der Waals surface area (Å²) in [6.07, 6.45) is 2.70. The molecule has 0 aliphatic carbocycles. The lowest BCUT2D eigenvalue weighted by Crippen LogP contribution is -2.18. The normalized spacial score (nSPS) is 10.8. The highest BCUT2D eigenvalue weighted by molar-refractivity contribution is 9.10. The molecule has 0 aliphatic heterocycles. The van der Waals surface area contributed by atoms with Crippen LogP contribution in [0.1, 0.15) is 11.3 Å². The van der Waals surface area contributed by atoms with E-state index in [0.717, 1.165) is 23.0 Å². The third kappa shape index (κ3) is 3.65. The summed E-state index contributed by atoms with van der Waals surface area (Å²) in [5.41, 5.74) is 2.12. The zero-order valence-corrected chi connectivity index (χ0v) is 11.7. The smallest absolute Gasteiger partial charge is 0.124 e. The topological polar surface area (TPSA) is 29.9 Å². The quantitative estimate of drug-likeness (QED) is 0.860. The van der Waals surface area contributed by atoms with Crippen molar-refractivity contribution in [3.05, 3.63) is 52.0 Å². The molecule has 0 aliphatic rings. The summed E-state index contributed by atoms with van der Waals surface area (Å²) < 4.78 is 15.8. The summed E-state index contributed by atoms with van der Waals surface area (Å²) in [5, 5.41) is 7.40. The van der Waals surface area contributed by atoms with Crippen molar-refractivity contribution in [1.82, 2.24) is 15.1 Å². The maximum absolute atomic E-state index is 13.1. The standard InChI is InChI=1S/C13H15BrFN3/c1-18-13(3-5-17-18)2-4-16-9-10-6-11(14)8-12(15)7-10/h3,5-8,16H,2,4,9H2,1H3. The molecule has 1 heterocycles. The van der Waals surface area contributed by atoms with Crippen molar-refractivity contribution >= 4 is 15.9 Å². The Morgan fingerprint density at radius 1 is 1.39 bits per heavy atom. The van der Waals surface area contributed by atoms with E-state index in [1.807, 2.05) is 23.9 Å². The van der Waals surface area contributed by atoms with Crippen molar-refractivity contribution in [3.8, 4) is 0 Å². The first-order valence-corrected chi connectivity index (χ1v) is 6.57. The third-order valence-electron chi connectivity index (χ3n) is 2.73. The Morgan fingerprint density at radius 2 is 2.22 bits per heavy atom. The van der Waals surface area contributed by atoms with Gasteiger partial charge in [-0.25, -0.2) is 4.39 Å². The number of nitrogens with one attached hydrogen (secondary N) is 1. The molecule has 1 aromatic heterocycles. The van der Waals surface area contributed by atoms with Crippen molar-refractivity contribution in [1.29, 1.82) is 0 Å². The van der Waals surface area contributed by atoms with Gasteiger partial charge in [0.15, 0.2) is 0 Å². The van der Waals surface area contributed by atoms with Crippen molar-refractivity contribution in [2.45, 2.75) is 13.0 Å². The van der Waals surface area contributed by atoms with E-state index in [9.17, 15) is 4.39 Å². The van der Waals surface area contributed by atoms with E-state index in [-0.39, 0.29) is 5.82 Å². The fourth-order valence-electron chi connectivity index (χ4n) is 1.81. The van der Waals surface area contributed by atoms with Gasteiger partial charge in [-0.1, -0.05) is 15.9 Å². The first-order valence-electron chi connectivity index (χ1n) is 5.78. The number of hydrogen-bond acceptors (Lipinski definition) is 2. The van der Waals surface area contributed by atoms with Gasteiger partial charge < -0.3 is 5.32 Å². The maximum Gasteiger partial charge on any atom is 0.124 e. The van der Waals surface area contributed by atoms with Crippen LogP contribution in [0.25, 0.3) is 0 Å². The number of halogens is 2.